The van der Waals surface area contributed by atoms with Crippen molar-refractivity contribution in [2.75, 3.05) is 26.9 Å². The maximum Gasteiger partial charge on any atom is 0.502 e. The van der Waals surface area contributed by atoms with Crippen molar-refractivity contribution >= 4 is 7.82 Å². The molecule has 1 N–H and O–H groups in total. The Morgan fingerprint density at radius 2 is 1.77 bits per heavy atom. The lowest BCUT2D eigenvalue weighted by Crippen LogP contribution is -2.17. The lowest BCUT2D eigenvalue weighted by Gasteiger charge is -2.15. The van der Waals surface area contributed by atoms with Crippen molar-refractivity contribution in [3.8, 4) is 0 Å². The van der Waals surface area contributed by atoms with Crippen LogP contribution in [0.15, 0.2) is 12.3 Å². The number of allylic oxidation sites excluding steroid dienone is 1. The second-order valence-corrected chi connectivity index (χ2v) is 6.94. The van der Waals surface area contributed by atoms with Crippen molar-refractivity contribution in [2.45, 2.75) is 52.9 Å². The van der Waals surface area contributed by atoms with Crippen LogP contribution in [0, 0.1) is 5.92 Å². The zero-order chi connectivity index (χ0) is 16.8. The Balaban J connectivity index is 3.65. The molecule has 0 aromatic carbocycles. The van der Waals surface area contributed by atoms with E-state index in [1.807, 2.05) is 6.92 Å². The summed E-state index contributed by atoms with van der Waals surface area (Å²) in [6.07, 6.45) is 4.68. The average Bonchev–Trinajstić information content (AvgIpc) is 2.48. The summed E-state index contributed by atoms with van der Waals surface area (Å²) in [5.41, 5.74) is 1.08. The predicted octanol–water partition coefficient (Wildman–Crippen LogP) is 4.44. The maximum absolute atomic E-state index is 12.0. The molecule has 1 unspecified atom stereocenters. The number of hydrogen-bond donors (Lipinski definition) is 1. The van der Waals surface area contributed by atoms with Crippen LogP contribution < -0.4 is 5.32 Å². The van der Waals surface area contributed by atoms with E-state index >= 15 is 0 Å². The van der Waals surface area contributed by atoms with Gasteiger partial charge in [0.25, 0.3) is 0 Å². The summed E-state index contributed by atoms with van der Waals surface area (Å²) in [5, 5.41) is 3.31. The highest BCUT2D eigenvalue weighted by Crippen LogP contribution is 2.49. The Kier molecular flexibility index (Phi) is 12.9. The van der Waals surface area contributed by atoms with Crippen LogP contribution in [0.3, 0.4) is 0 Å². The van der Waals surface area contributed by atoms with E-state index in [0.717, 1.165) is 44.3 Å². The molecule has 0 aliphatic rings. The molecule has 0 aliphatic heterocycles. The van der Waals surface area contributed by atoms with E-state index in [1.54, 1.807) is 0 Å². The van der Waals surface area contributed by atoms with Crippen LogP contribution in [0.5, 0.6) is 0 Å². The van der Waals surface area contributed by atoms with Crippen molar-refractivity contribution in [3.05, 3.63) is 12.3 Å². The van der Waals surface area contributed by atoms with E-state index in [0.29, 0.717) is 19.1 Å². The third-order valence-corrected chi connectivity index (χ3v) is 4.32. The van der Waals surface area contributed by atoms with Crippen LogP contribution in [0.2, 0.25) is 0 Å². The highest BCUT2D eigenvalue weighted by molar-refractivity contribution is 7.48. The molecule has 0 aliphatic carbocycles. The number of rotatable bonds is 15. The van der Waals surface area contributed by atoms with Gasteiger partial charge in [0.15, 0.2) is 0 Å². The number of phosphoric acid groups is 1. The Hall–Kier alpha value is -0.390. The monoisotopic (exact) mass is 337 g/mol. The summed E-state index contributed by atoms with van der Waals surface area (Å²) in [6.45, 7) is 11.7. The fraction of sp³-hybridized carbons (Fsp3) is 0.867. The van der Waals surface area contributed by atoms with E-state index < -0.39 is 7.82 Å². The van der Waals surface area contributed by atoms with E-state index in [4.69, 9.17) is 9.05 Å². The van der Waals surface area contributed by atoms with Crippen molar-refractivity contribution in [1.82, 2.24) is 5.32 Å². The fourth-order valence-corrected chi connectivity index (χ4v) is 2.69. The molecule has 0 aromatic heterocycles. The molecule has 0 amide bonds. The Bertz CT molecular complexity index is 336. The van der Waals surface area contributed by atoms with Gasteiger partial charge in [0.1, 0.15) is 0 Å². The lowest BCUT2D eigenvalue weighted by molar-refractivity contribution is -0.201. The summed E-state index contributed by atoms with van der Waals surface area (Å²) >= 11 is 0. The SMILES string of the molecule is C=C(NCCCCCCOP(=O)(OCCC)OOC)C(C)C. The first-order valence-electron chi connectivity index (χ1n) is 7.99. The molecule has 6 nitrogen and oxygen atoms in total. The largest absolute Gasteiger partial charge is 0.502 e. The quantitative estimate of drug-likeness (QED) is 0.206. The normalized spacial score (nSPS) is 14.0. The molecule has 0 spiro atoms. The summed E-state index contributed by atoms with van der Waals surface area (Å²) in [6, 6.07) is 0. The molecule has 22 heavy (non-hydrogen) atoms. The number of unbranched alkanes of at least 4 members (excludes halogenated alkanes) is 3. The standard InChI is InChI=1S/C15H32NO5P/c1-6-12-19-22(17,21-18-5)20-13-10-8-7-9-11-16-15(4)14(2)3/h14,16H,4,6-13H2,1-3,5H3. The topological polar surface area (TPSA) is 66.0 Å². The van der Waals surface area contributed by atoms with Gasteiger partial charge in [-0.05, 0) is 25.2 Å². The molecule has 0 fully saturated rings. The Labute approximate surface area is 135 Å². The van der Waals surface area contributed by atoms with Gasteiger partial charge in [-0.15, -0.1) is 4.67 Å². The van der Waals surface area contributed by atoms with Gasteiger partial charge in [-0.1, -0.05) is 40.2 Å². The smallest absolute Gasteiger partial charge is 0.389 e. The second kappa shape index (κ2) is 13.1. The van der Waals surface area contributed by atoms with Gasteiger partial charge in [0, 0.05) is 12.2 Å². The summed E-state index contributed by atoms with van der Waals surface area (Å²) in [4.78, 5) is 4.43. The molecule has 0 heterocycles. The zero-order valence-corrected chi connectivity index (χ0v) is 15.3. The Morgan fingerprint density at radius 3 is 2.36 bits per heavy atom. The third kappa shape index (κ3) is 11.2. The molecular formula is C15H32NO5P. The first-order valence-corrected chi connectivity index (χ1v) is 9.45. The first kappa shape index (κ1) is 21.6. The van der Waals surface area contributed by atoms with Gasteiger partial charge < -0.3 is 5.32 Å². The van der Waals surface area contributed by atoms with E-state index in [-0.39, 0.29) is 0 Å². The fourth-order valence-electron chi connectivity index (χ4n) is 1.58. The molecule has 7 heteroatoms. The zero-order valence-electron chi connectivity index (χ0n) is 14.4. The minimum atomic E-state index is -3.57. The van der Waals surface area contributed by atoms with Crippen molar-refractivity contribution < 1.29 is 23.2 Å². The minimum Gasteiger partial charge on any atom is -0.389 e. The predicted molar refractivity (Wildman–Crippen MR) is 88.3 cm³/mol. The second-order valence-electron chi connectivity index (χ2n) is 5.38. The minimum absolute atomic E-state index is 0.312. The van der Waals surface area contributed by atoms with Gasteiger partial charge in [0.2, 0.25) is 0 Å². The van der Waals surface area contributed by atoms with Crippen LogP contribution in [-0.4, -0.2) is 26.9 Å². The van der Waals surface area contributed by atoms with Gasteiger partial charge in [0.05, 0.1) is 20.3 Å². The van der Waals surface area contributed by atoms with Crippen molar-refractivity contribution in [3.63, 3.8) is 0 Å². The van der Waals surface area contributed by atoms with Gasteiger partial charge in [-0.2, -0.15) is 0 Å². The number of hydrogen-bond acceptors (Lipinski definition) is 6. The summed E-state index contributed by atoms with van der Waals surface area (Å²) in [5.74, 6) is 0.464. The maximum atomic E-state index is 12.0. The molecule has 0 saturated carbocycles. The van der Waals surface area contributed by atoms with Crippen molar-refractivity contribution in [2.24, 2.45) is 5.92 Å². The first-order chi connectivity index (χ1) is 10.4. The van der Waals surface area contributed by atoms with E-state index in [1.165, 1.54) is 7.11 Å². The van der Waals surface area contributed by atoms with E-state index in [2.05, 4.69) is 35.3 Å². The number of phosphoric ester groups is 1. The summed E-state index contributed by atoms with van der Waals surface area (Å²) in [7, 11) is -2.29. The lowest BCUT2D eigenvalue weighted by atomic mass is 10.1. The van der Waals surface area contributed by atoms with Crippen LogP contribution >= 0.6 is 7.82 Å². The molecule has 1 atom stereocenters. The highest BCUT2D eigenvalue weighted by atomic mass is 31.2. The molecule has 0 rings (SSSR count). The average molecular weight is 337 g/mol. The van der Waals surface area contributed by atoms with E-state index in [9.17, 15) is 4.57 Å². The van der Waals surface area contributed by atoms with Gasteiger partial charge in [-0.25, -0.2) is 9.45 Å². The molecule has 0 aromatic rings. The van der Waals surface area contributed by atoms with Crippen LogP contribution in [0.25, 0.3) is 0 Å². The molecule has 0 saturated heterocycles. The van der Waals surface area contributed by atoms with Crippen LogP contribution in [-0.2, 0) is 23.2 Å². The van der Waals surface area contributed by atoms with Gasteiger partial charge >= 0.3 is 7.82 Å². The molecule has 132 valence electrons. The summed E-state index contributed by atoms with van der Waals surface area (Å²) < 4.78 is 26.9. The van der Waals surface area contributed by atoms with Crippen molar-refractivity contribution in [1.29, 1.82) is 0 Å². The molecular weight excluding hydrogens is 305 g/mol. The highest BCUT2D eigenvalue weighted by Gasteiger charge is 2.27. The number of nitrogens with one attached hydrogen (secondary N) is 1. The Morgan fingerprint density at radius 1 is 1.14 bits per heavy atom. The third-order valence-electron chi connectivity index (χ3n) is 2.99. The van der Waals surface area contributed by atoms with Crippen LogP contribution in [0.4, 0.5) is 0 Å². The van der Waals surface area contributed by atoms with Crippen LogP contribution in [0.1, 0.15) is 52.9 Å². The molecule has 0 radical (unpaired) electrons. The van der Waals surface area contributed by atoms with Gasteiger partial charge in [-0.3, -0.25) is 9.05 Å². The molecule has 0 bridgehead atoms.